The van der Waals surface area contributed by atoms with Crippen molar-refractivity contribution in [3.8, 4) is 0 Å². The number of amidine groups is 1. The molecule has 2 aliphatic rings. The smallest absolute Gasteiger partial charge is 0.250 e. The van der Waals surface area contributed by atoms with Crippen molar-refractivity contribution >= 4 is 50.0 Å². The van der Waals surface area contributed by atoms with E-state index in [0.717, 1.165) is 17.7 Å². The van der Waals surface area contributed by atoms with E-state index in [1.54, 1.807) is 6.07 Å². The number of anilines is 1. The lowest BCUT2D eigenvalue weighted by Gasteiger charge is -2.26. The molecule has 8 heteroatoms. The van der Waals surface area contributed by atoms with E-state index in [-0.39, 0.29) is 34.6 Å². The summed E-state index contributed by atoms with van der Waals surface area (Å²) in [6.45, 7) is 5.75. The number of aryl methyl sites for hydroxylation is 1. The topological polar surface area (TPSA) is 66.8 Å². The highest BCUT2D eigenvalue weighted by Crippen LogP contribution is 2.42. The minimum absolute atomic E-state index is 0.0765. The maximum Gasteiger partial charge on any atom is 0.250 e. The average Bonchev–Trinajstić information content (AvgIpc) is 3.00. The third kappa shape index (κ3) is 3.73. The van der Waals surface area contributed by atoms with E-state index in [2.05, 4.69) is 4.99 Å². The van der Waals surface area contributed by atoms with Gasteiger partial charge in [-0.25, -0.2) is 8.42 Å². The van der Waals surface area contributed by atoms with E-state index in [9.17, 15) is 13.2 Å². The molecule has 2 fully saturated rings. The van der Waals surface area contributed by atoms with Gasteiger partial charge in [0.1, 0.15) is 0 Å². The van der Waals surface area contributed by atoms with Crippen LogP contribution in [0.15, 0.2) is 23.2 Å². The van der Waals surface area contributed by atoms with Crippen LogP contribution in [0.4, 0.5) is 5.69 Å². The first-order valence-corrected chi connectivity index (χ1v) is 11.3. The van der Waals surface area contributed by atoms with Crippen molar-refractivity contribution < 1.29 is 13.2 Å². The molecule has 0 spiro atoms. The number of fused-ring (bicyclic) bond motifs is 1. The zero-order chi connectivity index (χ0) is 18.4. The fourth-order valence-electron chi connectivity index (χ4n) is 3.07. The van der Waals surface area contributed by atoms with Crippen molar-refractivity contribution in [2.24, 2.45) is 10.9 Å². The Balaban J connectivity index is 2.05. The fraction of sp³-hybridized carbons (Fsp3) is 0.529. The van der Waals surface area contributed by atoms with Gasteiger partial charge in [0.15, 0.2) is 15.0 Å². The van der Waals surface area contributed by atoms with Crippen LogP contribution in [0, 0.1) is 12.8 Å². The number of halogens is 1. The highest BCUT2D eigenvalue weighted by Gasteiger charge is 2.49. The van der Waals surface area contributed by atoms with E-state index in [0.29, 0.717) is 10.2 Å². The Kier molecular flexibility index (Phi) is 5.19. The van der Waals surface area contributed by atoms with Gasteiger partial charge < -0.3 is 4.90 Å². The lowest BCUT2D eigenvalue weighted by atomic mass is 10.1. The van der Waals surface area contributed by atoms with Gasteiger partial charge in [-0.2, -0.15) is 4.99 Å². The Morgan fingerprint density at radius 2 is 2.16 bits per heavy atom. The van der Waals surface area contributed by atoms with Gasteiger partial charge in [-0.3, -0.25) is 4.79 Å². The number of hydrogen-bond donors (Lipinski definition) is 0. The van der Waals surface area contributed by atoms with Crippen molar-refractivity contribution in [2.45, 2.75) is 38.5 Å². The number of benzene rings is 1. The number of amides is 1. The molecular weight excluding hydrogens is 380 g/mol. The lowest BCUT2D eigenvalue weighted by Crippen LogP contribution is -2.38. The molecule has 1 aromatic rings. The third-order valence-corrected chi connectivity index (χ3v) is 8.18. The second-order valence-corrected chi connectivity index (χ2v) is 10.4. The standard InChI is InChI=1S/C17H21ClN2O3S2/c1-4-10(2)16(21)19-17-20(13-7-12(18)6-5-11(13)3)14-8-25(22,23)9-15(14)24-17/h5-7,10,14-15H,4,8-9H2,1-3H3/t10-,14+,15+/m1/s1. The number of carbonyl (C=O) groups excluding carboxylic acids is 1. The molecule has 0 unspecified atom stereocenters. The van der Waals surface area contributed by atoms with Crippen molar-refractivity contribution in [2.75, 3.05) is 16.4 Å². The summed E-state index contributed by atoms with van der Waals surface area (Å²) in [5, 5.41) is 1.05. The highest BCUT2D eigenvalue weighted by molar-refractivity contribution is 8.16. The minimum atomic E-state index is -3.08. The Hall–Kier alpha value is -1.05. The van der Waals surface area contributed by atoms with Crippen molar-refractivity contribution in [1.29, 1.82) is 0 Å². The Morgan fingerprint density at radius 1 is 1.44 bits per heavy atom. The number of carbonyl (C=O) groups is 1. The van der Waals surface area contributed by atoms with Crippen LogP contribution in [0.25, 0.3) is 0 Å². The summed E-state index contributed by atoms with van der Waals surface area (Å²) < 4.78 is 24.2. The Morgan fingerprint density at radius 3 is 2.84 bits per heavy atom. The van der Waals surface area contributed by atoms with Crippen molar-refractivity contribution in [1.82, 2.24) is 0 Å². The molecule has 0 bridgehead atoms. The number of rotatable bonds is 3. The first-order chi connectivity index (χ1) is 11.7. The number of aliphatic imine (C=N–C) groups is 1. The molecule has 136 valence electrons. The molecular formula is C17H21ClN2O3S2. The van der Waals surface area contributed by atoms with Crippen molar-refractivity contribution in [3.05, 3.63) is 28.8 Å². The maximum atomic E-state index is 12.3. The maximum absolute atomic E-state index is 12.3. The van der Waals surface area contributed by atoms with Crippen LogP contribution in [-0.4, -0.2) is 42.3 Å². The van der Waals surface area contributed by atoms with E-state index < -0.39 is 9.84 Å². The van der Waals surface area contributed by atoms with Gasteiger partial charge >= 0.3 is 0 Å². The average molecular weight is 401 g/mol. The van der Waals surface area contributed by atoms with Crippen molar-refractivity contribution in [3.63, 3.8) is 0 Å². The number of hydrogen-bond acceptors (Lipinski definition) is 4. The van der Waals surface area contributed by atoms with Gasteiger partial charge in [0, 0.05) is 21.9 Å². The van der Waals surface area contributed by atoms with E-state index in [1.807, 2.05) is 37.8 Å². The normalized spacial score (nSPS) is 27.5. The molecule has 1 aromatic carbocycles. The molecule has 2 saturated heterocycles. The molecule has 0 radical (unpaired) electrons. The van der Waals surface area contributed by atoms with Crippen LogP contribution < -0.4 is 4.90 Å². The monoisotopic (exact) mass is 400 g/mol. The second kappa shape index (κ2) is 6.93. The first kappa shape index (κ1) is 18.7. The summed E-state index contributed by atoms with van der Waals surface area (Å²) in [5.74, 6) is -0.126. The zero-order valence-electron chi connectivity index (χ0n) is 14.4. The van der Waals surface area contributed by atoms with Gasteiger partial charge in [-0.05, 0) is 31.0 Å². The number of sulfone groups is 1. The molecule has 0 saturated carbocycles. The number of thioether (sulfide) groups is 1. The largest absolute Gasteiger partial charge is 0.315 e. The summed E-state index contributed by atoms with van der Waals surface area (Å²) >= 11 is 7.55. The van der Waals surface area contributed by atoms with Gasteiger partial charge in [-0.1, -0.05) is 43.3 Å². The Labute approximate surface area is 157 Å². The Bertz CT molecular complexity index is 838. The minimum Gasteiger partial charge on any atom is -0.315 e. The SMILES string of the molecule is CC[C@@H](C)C(=O)N=C1S[C@H]2CS(=O)(=O)C[C@@H]2N1c1cc(Cl)ccc1C. The first-order valence-electron chi connectivity index (χ1n) is 8.27. The summed E-state index contributed by atoms with van der Waals surface area (Å²) in [4.78, 5) is 18.6. The molecule has 3 rings (SSSR count). The molecule has 2 aliphatic heterocycles. The van der Waals surface area contributed by atoms with Gasteiger partial charge in [-0.15, -0.1) is 0 Å². The van der Waals surface area contributed by atoms with Gasteiger partial charge in [0.25, 0.3) is 5.91 Å². The summed E-state index contributed by atoms with van der Waals surface area (Å²) in [7, 11) is -3.08. The molecule has 2 heterocycles. The lowest BCUT2D eigenvalue weighted by molar-refractivity contribution is -0.121. The quantitative estimate of drug-likeness (QED) is 0.778. The molecule has 3 atom stereocenters. The van der Waals surface area contributed by atoms with Gasteiger partial charge in [0.2, 0.25) is 0 Å². The third-order valence-electron chi connectivity index (χ3n) is 4.74. The summed E-state index contributed by atoms with van der Waals surface area (Å²) in [6, 6.07) is 5.30. The molecule has 5 nitrogen and oxygen atoms in total. The van der Waals surface area contributed by atoms with Crippen LogP contribution in [0.1, 0.15) is 25.8 Å². The van der Waals surface area contributed by atoms with Crippen LogP contribution in [0.2, 0.25) is 5.02 Å². The molecule has 0 aliphatic carbocycles. The summed E-state index contributed by atoms with van der Waals surface area (Å²) in [5.41, 5.74) is 1.79. The zero-order valence-corrected chi connectivity index (χ0v) is 16.8. The van der Waals surface area contributed by atoms with Gasteiger partial charge in [0.05, 0.1) is 17.5 Å². The predicted octanol–water partition coefficient (Wildman–Crippen LogP) is 3.30. The second-order valence-electron chi connectivity index (χ2n) is 6.64. The van der Waals surface area contributed by atoms with Crippen LogP contribution in [0.3, 0.4) is 0 Å². The van der Waals surface area contributed by atoms with E-state index in [4.69, 9.17) is 11.6 Å². The molecule has 25 heavy (non-hydrogen) atoms. The van der Waals surface area contributed by atoms with Crippen LogP contribution in [0.5, 0.6) is 0 Å². The fourth-order valence-corrected chi connectivity index (χ4v) is 7.15. The highest BCUT2D eigenvalue weighted by atomic mass is 35.5. The molecule has 0 N–H and O–H groups in total. The van der Waals surface area contributed by atoms with Crippen LogP contribution >= 0.6 is 23.4 Å². The molecule has 1 amide bonds. The van der Waals surface area contributed by atoms with E-state index in [1.165, 1.54) is 11.8 Å². The van der Waals surface area contributed by atoms with Crippen LogP contribution in [-0.2, 0) is 14.6 Å². The summed E-state index contributed by atoms with van der Waals surface area (Å²) in [6.07, 6.45) is 0.720. The predicted molar refractivity (Wildman–Crippen MR) is 104 cm³/mol. The molecule has 0 aromatic heterocycles. The van der Waals surface area contributed by atoms with E-state index >= 15 is 0 Å². The number of nitrogens with zero attached hydrogens (tertiary/aromatic N) is 2.